The third-order valence-corrected chi connectivity index (χ3v) is 11.3. The maximum atomic E-state index is 5.57. The molecule has 1 heteroatoms. The zero-order chi connectivity index (χ0) is 36.6. The van der Waals surface area contributed by atoms with Crippen molar-refractivity contribution in [2.45, 2.75) is 296 Å². The Morgan fingerprint density at radius 3 is 0.549 bits per heavy atom. The van der Waals surface area contributed by atoms with Crippen molar-refractivity contribution in [3.8, 4) is 0 Å². The first kappa shape index (κ1) is 50.3. The Bertz CT molecular complexity index is 581. The van der Waals surface area contributed by atoms with Crippen LogP contribution < -0.4 is 0 Å². The van der Waals surface area contributed by atoms with Gasteiger partial charge in [-0.2, -0.15) is 0 Å². The van der Waals surface area contributed by atoms with Crippen molar-refractivity contribution in [1.29, 1.82) is 0 Å². The molecule has 0 saturated carbocycles. The van der Waals surface area contributed by atoms with Crippen LogP contribution in [0.2, 0.25) is 0 Å². The van der Waals surface area contributed by atoms with E-state index in [0.29, 0.717) is 0 Å². The third-order valence-electron chi connectivity index (χ3n) is 11.3. The molecule has 0 unspecified atom stereocenters. The number of hydrogen-bond donors (Lipinski definition) is 0. The lowest BCUT2D eigenvalue weighted by Crippen LogP contribution is -1.84. The van der Waals surface area contributed by atoms with E-state index in [1.54, 1.807) is 0 Å². The van der Waals surface area contributed by atoms with Crippen LogP contribution in [0.3, 0.4) is 0 Å². The van der Waals surface area contributed by atoms with Gasteiger partial charge in [-0.15, -0.1) is 0 Å². The molecule has 0 rings (SSSR count). The van der Waals surface area contributed by atoms with Crippen LogP contribution in [0.25, 0.3) is 0 Å². The molecular formula is C50H98O. The van der Waals surface area contributed by atoms with Crippen LogP contribution in [-0.2, 0) is 4.74 Å². The number of rotatable bonds is 46. The molecule has 51 heavy (non-hydrogen) atoms. The molecule has 0 aliphatic rings. The maximum absolute atomic E-state index is 5.57. The van der Waals surface area contributed by atoms with Crippen LogP contribution >= 0.6 is 0 Å². The number of allylic oxidation sites excluding steroid dienone is 2. The fourth-order valence-corrected chi connectivity index (χ4v) is 7.68. The summed E-state index contributed by atoms with van der Waals surface area (Å²) in [6.07, 6.45) is 71.3. The van der Waals surface area contributed by atoms with E-state index < -0.39 is 0 Å². The first-order chi connectivity index (χ1) is 25.4. The molecule has 0 amide bonds. The number of hydrogen-bond acceptors (Lipinski definition) is 1. The summed E-state index contributed by atoms with van der Waals surface area (Å²) in [5.41, 5.74) is 0. The molecule has 0 aliphatic heterocycles. The second kappa shape index (κ2) is 49.3. The van der Waals surface area contributed by atoms with E-state index in [9.17, 15) is 0 Å². The van der Waals surface area contributed by atoms with Crippen LogP contribution in [-0.4, -0.2) is 0 Å². The lowest BCUT2D eigenvalue weighted by molar-refractivity contribution is 0.397. The summed E-state index contributed by atoms with van der Waals surface area (Å²) in [7, 11) is 0. The van der Waals surface area contributed by atoms with Gasteiger partial charge in [-0.05, 0) is 37.8 Å². The molecule has 0 spiro atoms. The van der Waals surface area contributed by atoms with Crippen molar-refractivity contribution in [3.05, 3.63) is 24.7 Å². The van der Waals surface area contributed by atoms with Crippen molar-refractivity contribution >= 4 is 0 Å². The van der Waals surface area contributed by atoms with Crippen LogP contribution in [0.15, 0.2) is 24.7 Å². The zero-order valence-corrected chi connectivity index (χ0v) is 35.8. The molecule has 0 fully saturated rings. The van der Waals surface area contributed by atoms with E-state index in [1.807, 2.05) is 12.5 Å². The predicted octanol–water partition coefficient (Wildman–Crippen LogP) is 19.2. The van der Waals surface area contributed by atoms with Crippen LogP contribution in [0, 0.1) is 0 Å². The molecule has 0 aliphatic carbocycles. The van der Waals surface area contributed by atoms with Gasteiger partial charge >= 0.3 is 0 Å². The van der Waals surface area contributed by atoms with E-state index in [-0.39, 0.29) is 0 Å². The summed E-state index contributed by atoms with van der Waals surface area (Å²) in [6, 6.07) is 0. The number of ether oxygens (including phenoxy) is 1. The van der Waals surface area contributed by atoms with E-state index in [0.717, 1.165) is 12.8 Å². The molecule has 1 nitrogen and oxygen atoms in total. The standard InChI is InChI=1S/C50H98O/c1-3-5-7-9-11-13-15-17-19-21-23-25-27-29-31-33-35-37-39-41-43-45-47-49-51-50-48-46-44-42-40-38-36-34-32-30-28-26-24-22-20-18-16-14-12-10-8-6-4-2/h47-50H,3-46H2,1-2H3. The van der Waals surface area contributed by atoms with E-state index in [4.69, 9.17) is 4.74 Å². The maximum Gasteiger partial charge on any atom is 0.0861 e. The molecule has 0 saturated heterocycles. The molecule has 0 aromatic carbocycles. The van der Waals surface area contributed by atoms with Gasteiger partial charge in [-0.3, -0.25) is 0 Å². The predicted molar refractivity (Wildman–Crippen MR) is 234 cm³/mol. The zero-order valence-electron chi connectivity index (χ0n) is 35.8. The monoisotopic (exact) mass is 715 g/mol. The lowest BCUT2D eigenvalue weighted by Gasteiger charge is -2.04. The Balaban J connectivity index is 3.14. The second-order valence-corrected chi connectivity index (χ2v) is 16.6. The Morgan fingerprint density at radius 1 is 0.216 bits per heavy atom. The fraction of sp³-hybridized carbons (Fsp3) is 0.920. The summed E-state index contributed by atoms with van der Waals surface area (Å²) >= 11 is 0. The van der Waals surface area contributed by atoms with E-state index >= 15 is 0 Å². The summed E-state index contributed by atoms with van der Waals surface area (Å²) in [5.74, 6) is 0. The summed E-state index contributed by atoms with van der Waals surface area (Å²) in [6.45, 7) is 4.61. The van der Waals surface area contributed by atoms with Crippen molar-refractivity contribution in [2.75, 3.05) is 0 Å². The average molecular weight is 715 g/mol. The first-order valence-corrected chi connectivity index (χ1v) is 24.4. The van der Waals surface area contributed by atoms with Gasteiger partial charge in [0.1, 0.15) is 0 Å². The van der Waals surface area contributed by atoms with Crippen LogP contribution in [0.1, 0.15) is 296 Å². The highest BCUT2D eigenvalue weighted by Crippen LogP contribution is 2.17. The van der Waals surface area contributed by atoms with Gasteiger partial charge in [-0.25, -0.2) is 0 Å². The summed E-state index contributed by atoms with van der Waals surface area (Å²) < 4.78 is 5.57. The minimum Gasteiger partial charge on any atom is -0.473 e. The van der Waals surface area contributed by atoms with Crippen molar-refractivity contribution in [3.63, 3.8) is 0 Å². The Labute approximate surface area is 324 Å². The second-order valence-electron chi connectivity index (χ2n) is 16.6. The van der Waals surface area contributed by atoms with Crippen LogP contribution in [0.5, 0.6) is 0 Å². The van der Waals surface area contributed by atoms with Gasteiger partial charge in [0.05, 0.1) is 12.5 Å². The van der Waals surface area contributed by atoms with Gasteiger partial charge in [0.25, 0.3) is 0 Å². The quantitative estimate of drug-likeness (QED) is 0.0450. The average Bonchev–Trinajstić information content (AvgIpc) is 3.14. The Hall–Kier alpha value is -0.720. The molecule has 304 valence electrons. The molecule has 0 atom stereocenters. The summed E-state index contributed by atoms with van der Waals surface area (Å²) in [4.78, 5) is 0. The molecule has 0 N–H and O–H groups in total. The van der Waals surface area contributed by atoms with Crippen molar-refractivity contribution < 1.29 is 4.74 Å². The normalized spacial score (nSPS) is 11.9. The van der Waals surface area contributed by atoms with E-state index in [1.165, 1.54) is 270 Å². The Kier molecular flexibility index (Phi) is 48.6. The number of unbranched alkanes of at least 4 members (excludes halogenated alkanes) is 42. The molecule has 0 aromatic rings. The fourth-order valence-electron chi connectivity index (χ4n) is 7.68. The minimum atomic E-state index is 1.16. The highest BCUT2D eigenvalue weighted by molar-refractivity contribution is 4.80. The molecular weight excluding hydrogens is 617 g/mol. The van der Waals surface area contributed by atoms with Crippen molar-refractivity contribution in [1.82, 2.24) is 0 Å². The van der Waals surface area contributed by atoms with Crippen LogP contribution in [0.4, 0.5) is 0 Å². The van der Waals surface area contributed by atoms with Gasteiger partial charge in [0, 0.05) is 0 Å². The van der Waals surface area contributed by atoms with Gasteiger partial charge in [0.15, 0.2) is 0 Å². The minimum absolute atomic E-state index is 1.16. The summed E-state index contributed by atoms with van der Waals surface area (Å²) in [5, 5.41) is 0. The van der Waals surface area contributed by atoms with Gasteiger partial charge in [0.2, 0.25) is 0 Å². The largest absolute Gasteiger partial charge is 0.473 e. The molecule has 0 heterocycles. The lowest BCUT2D eigenvalue weighted by atomic mass is 10.0. The highest BCUT2D eigenvalue weighted by atomic mass is 16.5. The molecule has 0 radical (unpaired) electrons. The third kappa shape index (κ3) is 49.3. The van der Waals surface area contributed by atoms with Gasteiger partial charge < -0.3 is 4.74 Å². The smallest absolute Gasteiger partial charge is 0.0861 e. The SMILES string of the molecule is CCCCCCCCCCCCCCCCCCCCCCCC=COC=CCCCCCCCCCCCCCCCCCCCCCCC. The highest BCUT2D eigenvalue weighted by Gasteiger charge is 1.97. The molecule has 0 aromatic heterocycles. The van der Waals surface area contributed by atoms with Crippen molar-refractivity contribution in [2.24, 2.45) is 0 Å². The Morgan fingerprint density at radius 2 is 0.373 bits per heavy atom. The molecule has 0 bridgehead atoms. The van der Waals surface area contributed by atoms with E-state index in [2.05, 4.69) is 26.0 Å². The topological polar surface area (TPSA) is 9.23 Å². The first-order valence-electron chi connectivity index (χ1n) is 24.4. The van der Waals surface area contributed by atoms with Gasteiger partial charge in [-0.1, -0.05) is 271 Å².